The fourth-order valence-electron chi connectivity index (χ4n) is 2.05. The first kappa shape index (κ1) is 11.8. The molecule has 90 valence electrons. The van der Waals surface area contributed by atoms with Crippen molar-refractivity contribution in [2.75, 3.05) is 0 Å². The predicted octanol–water partition coefficient (Wildman–Crippen LogP) is 2.60. The van der Waals surface area contributed by atoms with Crippen LogP contribution in [0.4, 0.5) is 0 Å². The van der Waals surface area contributed by atoms with E-state index in [4.69, 9.17) is 4.74 Å². The fourth-order valence-corrected chi connectivity index (χ4v) is 2.05. The van der Waals surface area contributed by atoms with E-state index in [1.807, 2.05) is 6.07 Å². The van der Waals surface area contributed by atoms with E-state index in [0.717, 1.165) is 6.42 Å². The molecule has 1 aliphatic rings. The number of ketones is 1. The molecule has 0 amide bonds. The number of benzene rings is 1. The van der Waals surface area contributed by atoms with Crippen LogP contribution in [-0.4, -0.2) is 17.9 Å². The van der Waals surface area contributed by atoms with Crippen molar-refractivity contribution in [2.45, 2.75) is 32.3 Å². The first-order valence-corrected chi connectivity index (χ1v) is 5.95. The number of hydrogen-bond donors (Lipinski definition) is 0. The van der Waals surface area contributed by atoms with Gasteiger partial charge in [-0.25, -0.2) is 4.79 Å². The van der Waals surface area contributed by atoms with E-state index in [0.29, 0.717) is 24.3 Å². The Balaban J connectivity index is 2.01. The van der Waals surface area contributed by atoms with E-state index < -0.39 is 12.1 Å². The third kappa shape index (κ3) is 2.93. The summed E-state index contributed by atoms with van der Waals surface area (Å²) in [5.74, 6) is 0.0895. The average Bonchev–Trinajstić information content (AvgIpc) is 2.35. The molecule has 0 N–H and O–H groups in total. The summed E-state index contributed by atoms with van der Waals surface area (Å²) < 4.78 is 5.27. The SMILES string of the molecule is C[C@H]1CCC(=O)C(OC(=O)c2ccccc2)C1. The van der Waals surface area contributed by atoms with Crippen LogP contribution in [0.25, 0.3) is 0 Å². The smallest absolute Gasteiger partial charge is 0.338 e. The lowest BCUT2D eigenvalue weighted by Gasteiger charge is -2.25. The molecule has 1 unspecified atom stereocenters. The first-order chi connectivity index (χ1) is 8.16. The maximum atomic E-state index is 11.8. The van der Waals surface area contributed by atoms with Crippen LogP contribution < -0.4 is 0 Å². The maximum absolute atomic E-state index is 11.8. The van der Waals surface area contributed by atoms with Gasteiger partial charge in [0.15, 0.2) is 11.9 Å². The summed E-state index contributed by atoms with van der Waals surface area (Å²) in [4.78, 5) is 23.4. The van der Waals surface area contributed by atoms with Gasteiger partial charge < -0.3 is 4.74 Å². The van der Waals surface area contributed by atoms with E-state index in [1.54, 1.807) is 24.3 Å². The Morgan fingerprint density at radius 1 is 1.29 bits per heavy atom. The van der Waals surface area contributed by atoms with Crippen LogP contribution in [0.5, 0.6) is 0 Å². The third-order valence-corrected chi connectivity index (χ3v) is 3.12. The van der Waals surface area contributed by atoms with Crippen molar-refractivity contribution in [3.63, 3.8) is 0 Å². The lowest BCUT2D eigenvalue weighted by molar-refractivity contribution is -0.131. The van der Waals surface area contributed by atoms with E-state index in [1.165, 1.54) is 0 Å². The van der Waals surface area contributed by atoms with E-state index in [9.17, 15) is 9.59 Å². The summed E-state index contributed by atoms with van der Waals surface area (Å²) in [7, 11) is 0. The lowest BCUT2D eigenvalue weighted by Crippen LogP contribution is -2.33. The molecular formula is C14H16O3. The number of carbonyl (C=O) groups is 2. The topological polar surface area (TPSA) is 43.4 Å². The summed E-state index contributed by atoms with van der Waals surface area (Å²) >= 11 is 0. The van der Waals surface area contributed by atoms with Crippen LogP contribution in [0.3, 0.4) is 0 Å². The highest BCUT2D eigenvalue weighted by Gasteiger charge is 2.29. The Hall–Kier alpha value is -1.64. The molecule has 0 spiro atoms. The summed E-state index contributed by atoms with van der Waals surface area (Å²) in [5, 5.41) is 0. The molecule has 0 bridgehead atoms. The van der Waals surface area contributed by atoms with E-state index >= 15 is 0 Å². The molecule has 2 atom stereocenters. The van der Waals surface area contributed by atoms with Crippen LogP contribution in [-0.2, 0) is 9.53 Å². The molecule has 1 saturated carbocycles. The second-order valence-corrected chi connectivity index (χ2v) is 4.61. The molecule has 3 nitrogen and oxygen atoms in total. The molecule has 2 rings (SSSR count). The first-order valence-electron chi connectivity index (χ1n) is 5.95. The standard InChI is InChI=1S/C14H16O3/c1-10-7-8-12(15)13(9-10)17-14(16)11-5-3-2-4-6-11/h2-6,10,13H,7-9H2,1H3/t10-,13?/m0/s1. The van der Waals surface area contributed by atoms with Crippen molar-refractivity contribution in [2.24, 2.45) is 5.92 Å². The van der Waals surface area contributed by atoms with Crippen molar-refractivity contribution >= 4 is 11.8 Å². The Labute approximate surface area is 101 Å². The monoisotopic (exact) mass is 232 g/mol. The number of Topliss-reactive ketones (excluding diaryl/α,β-unsaturated/α-hetero) is 1. The molecule has 0 radical (unpaired) electrons. The molecule has 1 aromatic carbocycles. The quantitative estimate of drug-likeness (QED) is 0.736. The number of hydrogen-bond acceptors (Lipinski definition) is 3. The molecular weight excluding hydrogens is 216 g/mol. The minimum absolute atomic E-state index is 0.0485. The Bertz CT molecular complexity index is 411. The highest BCUT2D eigenvalue weighted by Crippen LogP contribution is 2.24. The highest BCUT2D eigenvalue weighted by molar-refractivity contribution is 5.93. The van der Waals surface area contributed by atoms with Crippen LogP contribution >= 0.6 is 0 Å². The molecule has 1 aromatic rings. The zero-order chi connectivity index (χ0) is 12.3. The fraction of sp³-hybridized carbons (Fsp3) is 0.429. The third-order valence-electron chi connectivity index (χ3n) is 3.12. The molecule has 0 aromatic heterocycles. The van der Waals surface area contributed by atoms with Crippen molar-refractivity contribution < 1.29 is 14.3 Å². The summed E-state index contributed by atoms with van der Waals surface area (Å²) in [5.41, 5.74) is 0.499. The van der Waals surface area contributed by atoms with Gasteiger partial charge >= 0.3 is 5.97 Å². The van der Waals surface area contributed by atoms with Gasteiger partial charge in [-0.2, -0.15) is 0 Å². The van der Waals surface area contributed by atoms with Gasteiger partial charge in [0, 0.05) is 6.42 Å². The molecule has 0 saturated heterocycles. The minimum atomic E-state index is -0.550. The van der Waals surface area contributed by atoms with E-state index in [-0.39, 0.29) is 5.78 Å². The summed E-state index contributed by atoms with van der Waals surface area (Å²) in [6, 6.07) is 8.78. The van der Waals surface area contributed by atoms with Crippen LogP contribution in [0, 0.1) is 5.92 Å². The maximum Gasteiger partial charge on any atom is 0.338 e. The van der Waals surface area contributed by atoms with Crippen molar-refractivity contribution in [1.82, 2.24) is 0 Å². The number of rotatable bonds is 2. The van der Waals surface area contributed by atoms with Crippen LogP contribution in [0.1, 0.15) is 36.5 Å². The van der Waals surface area contributed by atoms with Crippen molar-refractivity contribution in [1.29, 1.82) is 0 Å². The lowest BCUT2D eigenvalue weighted by atomic mass is 9.88. The summed E-state index contributed by atoms with van der Waals surface area (Å²) in [6.07, 6.45) is 1.52. The zero-order valence-corrected chi connectivity index (χ0v) is 9.89. The van der Waals surface area contributed by atoms with Gasteiger partial charge in [-0.15, -0.1) is 0 Å². The number of carbonyl (C=O) groups excluding carboxylic acids is 2. The Morgan fingerprint density at radius 3 is 2.71 bits per heavy atom. The van der Waals surface area contributed by atoms with Crippen molar-refractivity contribution in [3.05, 3.63) is 35.9 Å². The summed E-state index contributed by atoms with van der Waals surface area (Å²) in [6.45, 7) is 2.08. The molecule has 0 heterocycles. The van der Waals surface area contributed by atoms with Gasteiger partial charge in [0.05, 0.1) is 5.56 Å². The van der Waals surface area contributed by atoms with Gasteiger partial charge in [0.1, 0.15) is 0 Å². The molecule has 3 heteroatoms. The molecule has 1 fully saturated rings. The number of esters is 1. The van der Waals surface area contributed by atoms with Crippen LogP contribution in [0.15, 0.2) is 30.3 Å². The minimum Gasteiger partial charge on any atom is -0.451 e. The average molecular weight is 232 g/mol. The zero-order valence-electron chi connectivity index (χ0n) is 9.89. The largest absolute Gasteiger partial charge is 0.451 e. The van der Waals surface area contributed by atoms with Gasteiger partial charge in [-0.3, -0.25) is 4.79 Å². The van der Waals surface area contributed by atoms with Crippen molar-refractivity contribution in [3.8, 4) is 0 Å². The van der Waals surface area contributed by atoms with Crippen LogP contribution in [0.2, 0.25) is 0 Å². The second kappa shape index (κ2) is 5.13. The normalized spacial score (nSPS) is 24.4. The van der Waals surface area contributed by atoms with Gasteiger partial charge in [0.25, 0.3) is 0 Å². The van der Waals surface area contributed by atoms with Gasteiger partial charge in [-0.1, -0.05) is 25.1 Å². The van der Waals surface area contributed by atoms with Gasteiger partial charge in [0.2, 0.25) is 0 Å². The molecule has 17 heavy (non-hydrogen) atoms. The predicted molar refractivity (Wildman–Crippen MR) is 63.7 cm³/mol. The van der Waals surface area contributed by atoms with E-state index in [2.05, 4.69) is 6.92 Å². The molecule has 1 aliphatic carbocycles. The Morgan fingerprint density at radius 2 is 2.00 bits per heavy atom. The molecule has 0 aliphatic heterocycles. The second-order valence-electron chi connectivity index (χ2n) is 4.61. The van der Waals surface area contributed by atoms with Gasteiger partial charge in [-0.05, 0) is 30.9 Å². The number of ether oxygens (including phenoxy) is 1. The highest BCUT2D eigenvalue weighted by atomic mass is 16.5. The Kier molecular flexibility index (Phi) is 3.57.